The Morgan fingerprint density at radius 2 is 2.30 bits per heavy atom. The van der Waals surface area contributed by atoms with Crippen molar-refractivity contribution in [2.75, 3.05) is 13.6 Å². The van der Waals surface area contributed by atoms with Crippen LogP contribution in [0.4, 0.5) is 0 Å². The van der Waals surface area contributed by atoms with Crippen LogP contribution in [0.1, 0.15) is 13.8 Å². The van der Waals surface area contributed by atoms with Crippen LogP contribution < -0.4 is 5.73 Å². The molecular formula is C6H13N3O. The van der Waals surface area contributed by atoms with Crippen molar-refractivity contribution in [2.24, 2.45) is 10.8 Å². The van der Waals surface area contributed by atoms with Crippen LogP contribution in [0.25, 0.3) is 0 Å². The Bertz CT molecular complexity index is 164. The maximum Gasteiger partial charge on any atom is 0.304 e. The molecule has 1 aliphatic rings. The zero-order chi connectivity index (χ0) is 7.78. The van der Waals surface area contributed by atoms with E-state index in [4.69, 9.17) is 10.5 Å². The van der Waals surface area contributed by atoms with Gasteiger partial charge in [0.2, 0.25) is 0 Å². The van der Waals surface area contributed by atoms with Gasteiger partial charge in [-0.05, 0) is 13.8 Å². The minimum absolute atomic E-state index is 0.208. The summed E-state index contributed by atoms with van der Waals surface area (Å²) in [6.07, 6.45) is 0. The quantitative estimate of drug-likeness (QED) is 0.517. The first-order chi connectivity index (χ1) is 4.49. The van der Waals surface area contributed by atoms with Gasteiger partial charge in [0.15, 0.2) is 0 Å². The molecule has 10 heavy (non-hydrogen) atoms. The molecule has 0 saturated carbocycles. The predicted molar refractivity (Wildman–Crippen MR) is 39.4 cm³/mol. The lowest BCUT2D eigenvalue weighted by Crippen LogP contribution is -2.45. The van der Waals surface area contributed by atoms with E-state index in [1.807, 2.05) is 20.9 Å². The molecule has 0 bridgehead atoms. The summed E-state index contributed by atoms with van der Waals surface area (Å²) in [7, 11) is 1.87. The lowest BCUT2D eigenvalue weighted by atomic mass is 10.1. The number of amidine groups is 1. The van der Waals surface area contributed by atoms with Crippen molar-refractivity contribution < 1.29 is 4.74 Å². The molecule has 0 saturated heterocycles. The summed E-state index contributed by atoms with van der Waals surface area (Å²) in [5.41, 5.74) is 5.18. The molecule has 0 aliphatic carbocycles. The smallest absolute Gasteiger partial charge is 0.304 e. The van der Waals surface area contributed by atoms with E-state index in [1.165, 1.54) is 0 Å². The summed E-state index contributed by atoms with van der Waals surface area (Å²) in [4.78, 5) is 0. The number of likely N-dealkylation sites (N-methyl/N-ethyl adjacent to an activating group) is 1. The zero-order valence-electron chi connectivity index (χ0n) is 6.59. The first-order valence-electron chi connectivity index (χ1n) is 3.24. The van der Waals surface area contributed by atoms with E-state index in [0.29, 0.717) is 0 Å². The minimum Gasteiger partial charge on any atom is -0.456 e. The monoisotopic (exact) mass is 143 g/mol. The van der Waals surface area contributed by atoms with Gasteiger partial charge in [-0.25, -0.2) is 0 Å². The molecule has 4 nitrogen and oxygen atoms in total. The van der Waals surface area contributed by atoms with Crippen molar-refractivity contribution in [2.45, 2.75) is 19.4 Å². The van der Waals surface area contributed by atoms with Gasteiger partial charge in [0.25, 0.3) is 0 Å². The molecule has 1 heterocycles. The average molecular weight is 143 g/mol. The number of hydrogen-bond acceptors (Lipinski definition) is 4. The first kappa shape index (κ1) is 7.18. The maximum absolute atomic E-state index is 5.39. The van der Waals surface area contributed by atoms with Crippen LogP contribution in [-0.2, 0) is 4.74 Å². The summed E-state index contributed by atoms with van der Waals surface area (Å²) >= 11 is 0. The fourth-order valence-corrected chi connectivity index (χ4v) is 1.09. The highest BCUT2D eigenvalue weighted by Crippen LogP contribution is 2.14. The molecule has 0 radical (unpaired) electrons. The van der Waals surface area contributed by atoms with E-state index in [2.05, 4.69) is 5.10 Å². The van der Waals surface area contributed by atoms with Gasteiger partial charge in [0, 0.05) is 7.05 Å². The van der Waals surface area contributed by atoms with Gasteiger partial charge in [-0.2, -0.15) is 0 Å². The highest BCUT2D eigenvalue weighted by Gasteiger charge is 2.26. The third-order valence-electron chi connectivity index (χ3n) is 1.26. The predicted octanol–water partition coefficient (Wildman–Crippen LogP) is -0.0433. The molecule has 1 rings (SSSR count). The minimum atomic E-state index is -0.208. The van der Waals surface area contributed by atoms with E-state index < -0.39 is 0 Å². The highest BCUT2D eigenvalue weighted by molar-refractivity contribution is 5.72. The Kier molecular flexibility index (Phi) is 1.46. The summed E-state index contributed by atoms with van der Waals surface area (Å²) in [5.74, 6) is 0. The number of nitrogens with zero attached hydrogens (tertiary/aromatic N) is 2. The van der Waals surface area contributed by atoms with E-state index in [-0.39, 0.29) is 11.6 Å². The van der Waals surface area contributed by atoms with E-state index in [1.54, 1.807) is 5.01 Å². The van der Waals surface area contributed by atoms with Crippen molar-refractivity contribution >= 4 is 6.02 Å². The zero-order valence-corrected chi connectivity index (χ0v) is 6.59. The van der Waals surface area contributed by atoms with Crippen molar-refractivity contribution in [1.82, 2.24) is 5.01 Å². The standard InChI is InChI=1S/C6H13N3O/c1-6(2)4-9(3)8-5(7)10-6/h4H2,1-3H3,(H2,7,8). The number of rotatable bonds is 0. The Morgan fingerprint density at radius 1 is 1.70 bits per heavy atom. The number of nitrogens with two attached hydrogens (primary N) is 1. The van der Waals surface area contributed by atoms with E-state index >= 15 is 0 Å². The average Bonchev–Trinajstić information content (AvgIpc) is 1.54. The largest absolute Gasteiger partial charge is 0.456 e. The molecule has 0 aromatic carbocycles. The molecule has 2 N–H and O–H groups in total. The number of hydrazone groups is 1. The molecule has 0 aromatic rings. The number of hydrogen-bond donors (Lipinski definition) is 1. The Hall–Kier alpha value is -0.930. The summed E-state index contributed by atoms with van der Waals surface area (Å²) in [6, 6.07) is 0.249. The van der Waals surface area contributed by atoms with Crippen LogP contribution in [0.3, 0.4) is 0 Å². The Morgan fingerprint density at radius 3 is 2.70 bits per heavy atom. The lowest BCUT2D eigenvalue weighted by molar-refractivity contribution is 0.0292. The third kappa shape index (κ3) is 1.52. The van der Waals surface area contributed by atoms with Gasteiger partial charge < -0.3 is 10.5 Å². The Balaban J connectivity index is 2.70. The van der Waals surface area contributed by atoms with Gasteiger partial charge in [-0.1, -0.05) is 0 Å². The van der Waals surface area contributed by atoms with Crippen LogP contribution in [0.2, 0.25) is 0 Å². The van der Waals surface area contributed by atoms with E-state index in [0.717, 1.165) is 6.54 Å². The van der Waals surface area contributed by atoms with Gasteiger partial charge in [0.05, 0.1) is 6.54 Å². The Labute approximate surface area is 60.6 Å². The summed E-state index contributed by atoms with van der Waals surface area (Å²) in [5, 5.41) is 5.66. The van der Waals surface area contributed by atoms with Crippen LogP contribution >= 0.6 is 0 Å². The molecular weight excluding hydrogens is 130 g/mol. The first-order valence-corrected chi connectivity index (χ1v) is 3.24. The van der Waals surface area contributed by atoms with Crippen LogP contribution in [0.15, 0.2) is 5.10 Å². The molecule has 0 fully saturated rings. The second kappa shape index (κ2) is 2.04. The van der Waals surface area contributed by atoms with Crippen molar-refractivity contribution in [1.29, 1.82) is 0 Å². The topological polar surface area (TPSA) is 50.9 Å². The normalized spacial score (nSPS) is 23.5. The highest BCUT2D eigenvalue weighted by atomic mass is 16.5. The van der Waals surface area contributed by atoms with Crippen molar-refractivity contribution in [3.05, 3.63) is 0 Å². The second-order valence-electron chi connectivity index (χ2n) is 3.12. The van der Waals surface area contributed by atoms with Crippen LogP contribution in [-0.4, -0.2) is 30.2 Å². The molecule has 0 spiro atoms. The van der Waals surface area contributed by atoms with E-state index in [9.17, 15) is 0 Å². The van der Waals surface area contributed by atoms with Crippen molar-refractivity contribution in [3.63, 3.8) is 0 Å². The third-order valence-corrected chi connectivity index (χ3v) is 1.26. The molecule has 0 atom stereocenters. The fraction of sp³-hybridized carbons (Fsp3) is 0.833. The number of ether oxygens (including phenoxy) is 1. The second-order valence-corrected chi connectivity index (χ2v) is 3.12. The fourth-order valence-electron chi connectivity index (χ4n) is 1.09. The maximum atomic E-state index is 5.39. The van der Waals surface area contributed by atoms with Gasteiger partial charge in [-0.15, -0.1) is 5.10 Å². The molecule has 58 valence electrons. The molecule has 0 aromatic heterocycles. The molecule has 4 heteroatoms. The lowest BCUT2D eigenvalue weighted by Gasteiger charge is -2.33. The molecule has 0 amide bonds. The van der Waals surface area contributed by atoms with Gasteiger partial charge in [-0.3, -0.25) is 5.01 Å². The van der Waals surface area contributed by atoms with Crippen LogP contribution in [0.5, 0.6) is 0 Å². The van der Waals surface area contributed by atoms with Gasteiger partial charge >= 0.3 is 6.02 Å². The summed E-state index contributed by atoms with van der Waals surface area (Å²) < 4.78 is 5.23. The SMILES string of the molecule is CN1CC(C)(C)OC(N)=N1. The molecule has 1 aliphatic heterocycles. The molecule has 0 unspecified atom stereocenters. The van der Waals surface area contributed by atoms with Crippen molar-refractivity contribution in [3.8, 4) is 0 Å². The summed E-state index contributed by atoms with van der Waals surface area (Å²) in [6.45, 7) is 4.73. The van der Waals surface area contributed by atoms with Crippen LogP contribution in [0, 0.1) is 0 Å². The van der Waals surface area contributed by atoms with Gasteiger partial charge in [0.1, 0.15) is 5.60 Å².